The van der Waals surface area contributed by atoms with E-state index in [-0.39, 0.29) is 10.8 Å². The smallest absolute Gasteiger partial charge is 0.0132 e. The Kier molecular flexibility index (Phi) is 10.4. The van der Waals surface area contributed by atoms with Crippen LogP contribution in [0.15, 0.2) is 72.8 Å². The molecule has 0 atom stereocenters. The Labute approximate surface area is 199 Å². The lowest BCUT2D eigenvalue weighted by atomic mass is 9.87. The van der Waals surface area contributed by atoms with Gasteiger partial charge in [0.15, 0.2) is 0 Å². The van der Waals surface area contributed by atoms with Crippen LogP contribution in [0.4, 0.5) is 0 Å². The molecular formula is C32H46. The second-order valence-electron chi connectivity index (χ2n) is 11.3. The van der Waals surface area contributed by atoms with Gasteiger partial charge in [0.05, 0.1) is 0 Å². The topological polar surface area (TPSA) is 0 Å². The van der Waals surface area contributed by atoms with Crippen LogP contribution in [0.2, 0.25) is 0 Å². The standard InChI is InChI=1S/2C11H16.C10H14/c2*1-9-5-7-10(8-6-9)11(2,3)4;1-8(2)10-6-4-9(3)5-7-10/h2*5-8H,1-4H3;4-8H,1-3H3. The molecule has 0 saturated heterocycles. The summed E-state index contributed by atoms with van der Waals surface area (Å²) in [4.78, 5) is 0. The lowest BCUT2D eigenvalue weighted by molar-refractivity contribution is 0.590. The van der Waals surface area contributed by atoms with Gasteiger partial charge in [-0.2, -0.15) is 0 Å². The summed E-state index contributed by atoms with van der Waals surface area (Å²) in [5, 5.41) is 0. The summed E-state index contributed by atoms with van der Waals surface area (Å²) >= 11 is 0. The molecular weight excluding hydrogens is 384 g/mol. The third-order valence-electron chi connectivity index (χ3n) is 5.58. The molecule has 174 valence electrons. The molecule has 0 spiro atoms. The van der Waals surface area contributed by atoms with Crippen molar-refractivity contribution in [2.75, 3.05) is 0 Å². The van der Waals surface area contributed by atoms with Crippen LogP contribution in [0.5, 0.6) is 0 Å². The Bertz CT molecular complexity index is 839. The van der Waals surface area contributed by atoms with Crippen molar-refractivity contribution in [2.24, 2.45) is 0 Å². The van der Waals surface area contributed by atoms with Gasteiger partial charge in [0, 0.05) is 0 Å². The molecule has 0 heterocycles. The Hall–Kier alpha value is -2.34. The van der Waals surface area contributed by atoms with E-state index in [9.17, 15) is 0 Å². The molecule has 0 unspecified atom stereocenters. The van der Waals surface area contributed by atoms with Gasteiger partial charge < -0.3 is 0 Å². The molecule has 0 aromatic heterocycles. The summed E-state index contributed by atoms with van der Waals surface area (Å²) in [6, 6.07) is 26.2. The highest BCUT2D eigenvalue weighted by molar-refractivity contribution is 5.27. The lowest BCUT2D eigenvalue weighted by Crippen LogP contribution is -2.10. The lowest BCUT2D eigenvalue weighted by Gasteiger charge is -2.18. The van der Waals surface area contributed by atoms with Gasteiger partial charge in [0.2, 0.25) is 0 Å². The van der Waals surface area contributed by atoms with Crippen molar-refractivity contribution in [3.05, 3.63) is 106 Å². The molecule has 0 heteroatoms. The van der Waals surface area contributed by atoms with Crippen LogP contribution in [-0.2, 0) is 10.8 Å². The van der Waals surface area contributed by atoms with E-state index in [4.69, 9.17) is 0 Å². The SMILES string of the molecule is Cc1ccc(C(C)(C)C)cc1.Cc1ccc(C(C)(C)C)cc1.Cc1ccc(C(C)C)cc1. The first-order chi connectivity index (χ1) is 14.7. The minimum atomic E-state index is 0.285. The molecule has 0 aliphatic rings. The van der Waals surface area contributed by atoms with E-state index in [1.54, 1.807) is 0 Å². The first kappa shape index (κ1) is 27.7. The molecule has 0 bridgehead atoms. The minimum Gasteiger partial charge on any atom is -0.0590 e. The predicted octanol–water partition coefficient (Wildman–Crippen LogP) is 9.70. The number of hydrogen-bond acceptors (Lipinski definition) is 0. The maximum absolute atomic E-state index is 2.23. The van der Waals surface area contributed by atoms with E-state index in [0.717, 1.165) is 0 Å². The van der Waals surface area contributed by atoms with Crippen LogP contribution >= 0.6 is 0 Å². The first-order valence-electron chi connectivity index (χ1n) is 11.9. The summed E-state index contributed by atoms with van der Waals surface area (Å²) in [6.45, 7) is 24.2. The average molecular weight is 431 g/mol. The van der Waals surface area contributed by atoms with Crippen molar-refractivity contribution in [1.82, 2.24) is 0 Å². The molecule has 0 N–H and O–H groups in total. The molecule has 0 aliphatic carbocycles. The van der Waals surface area contributed by atoms with Crippen molar-refractivity contribution in [3.63, 3.8) is 0 Å². The second-order valence-corrected chi connectivity index (χ2v) is 11.3. The second kappa shape index (κ2) is 12.0. The van der Waals surface area contributed by atoms with Crippen molar-refractivity contribution in [1.29, 1.82) is 0 Å². The molecule has 0 saturated carbocycles. The molecule has 0 fully saturated rings. The van der Waals surface area contributed by atoms with Gasteiger partial charge in [-0.15, -0.1) is 0 Å². The average Bonchev–Trinajstić information content (AvgIpc) is 2.68. The summed E-state index contributed by atoms with van der Waals surface area (Å²) in [5.74, 6) is 0.653. The highest BCUT2D eigenvalue weighted by Gasteiger charge is 2.12. The fourth-order valence-electron chi connectivity index (χ4n) is 3.06. The fourth-order valence-corrected chi connectivity index (χ4v) is 3.06. The van der Waals surface area contributed by atoms with Crippen LogP contribution < -0.4 is 0 Å². The van der Waals surface area contributed by atoms with Gasteiger partial charge in [-0.25, -0.2) is 0 Å². The first-order valence-corrected chi connectivity index (χ1v) is 11.9. The number of rotatable bonds is 1. The third-order valence-corrected chi connectivity index (χ3v) is 5.58. The van der Waals surface area contributed by atoms with Gasteiger partial charge >= 0.3 is 0 Å². The zero-order chi connectivity index (χ0) is 24.5. The molecule has 3 rings (SSSR count). The van der Waals surface area contributed by atoms with Crippen LogP contribution in [-0.4, -0.2) is 0 Å². The maximum Gasteiger partial charge on any atom is -0.0132 e. The minimum absolute atomic E-state index is 0.285. The fraction of sp³-hybridized carbons (Fsp3) is 0.438. The zero-order valence-electron chi connectivity index (χ0n) is 22.5. The normalized spacial score (nSPS) is 11.2. The maximum atomic E-state index is 2.23. The number of benzene rings is 3. The van der Waals surface area contributed by atoms with E-state index in [1.807, 2.05) is 0 Å². The summed E-state index contributed by atoms with van der Waals surface area (Å²) in [5.41, 5.74) is 8.80. The van der Waals surface area contributed by atoms with Gasteiger partial charge in [-0.3, -0.25) is 0 Å². The summed E-state index contributed by atoms with van der Waals surface area (Å²) < 4.78 is 0. The molecule has 3 aromatic carbocycles. The van der Waals surface area contributed by atoms with E-state index in [0.29, 0.717) is 5.92 Å². The number of aryl methyl sites for hydroxylation is 3. The van der Waals surface area contributed by atoms with E-state index in [1.165, 1.54) is 33.4 Å². The van der Waals surface area contributed by atoms with E-state index in [2.05, 4.69) is 149 Å². The Morgan fingerprint density at radius 3 is 0.906 bits per heavy atom. The molecule has 0 nitrogen and oxygen atoms in total. The van der Waals surface area contributed by atoms with Gasteiger partial charge in [-0.1, -0.05) is 145 Å². The van der Waals surface area contributed by atoms with Crippen molar-refractivity contribution < 1.29 is 0 Å². The predicted molar refractivity (Wildman–Crippen MR) is 145 cm³/mol. The Balaban J connectivity index is 0.000000240. The van der Waals surface area contributed by atoms with Crippen molar-refractivity contribution in [3.8, 4) is 0 Å². The largest absolute Gasteiger partial charge is 0.0590 e. The molecule has 0 aliphatic heterocycles. The van der Waals surface area contributed by atoms with Crippen molar-refractivity contribution >= 4 is 0 Å². The summed E-state index contributed by atoms with van der Waals surface area (Å²) in [6.07, 6.45) is 0. The van der Waals surface area contributed by atoms with E-state index < -0.39 is 0 Å². The Morgan fingerprint density at radius 1 is 0.438 bits per heavy atom. The highest BCUT2D eigenvalue weighted by atomic mass is 14.2. The molecule has 3 aromatic rings. The molecule has 0 radical (unpaired) electrons. The van der Waals surface area contributed by atoms with Crippen molar-refractivity contribution in [2.45, 2.75) is 92.9 Å². The third kappa shape index (κ3) is 10.3. The van der Waals surface area contributed by atoms with Gasteiger partial charge in [-0.05, 0) is 54.2 Å². The Morgan fingerprint density at radius 2 is 0.688 bits per heavy atom. The highest BCUT2D eigenvalue weighted by Crippen LogP contribution is 2.22. The van der Waals surface area contributed by atoms with Crippen LogP contribution in [0.3, 0.4) is 0 Å². The molecule has 0 amide bonds. The summed E-state index contributed by atoms with van der Waals surface area (Å²) in [7, 11) is 0. The monoisotopic (exact) mass is 430 g/mol. The quantitative estimate of drug-likeness (QED) is 0.360. The van der Waals surface area contributed by atoms with Crippen LogP contribution in [0.25, 0.3) is 0 Å². The van der Waals surface area contributed by atoms with Gasteiger partial charge in [0.25, 0.3) is 0 Å². The molecule has 32 heavy (non-hydrogen) atoms. The van der Waals surface area contributed by atoms with Gasteiger partial charge in [0.1, 0.15) is 0 Å². The van der Waals surface area contributed by atoms with Crippen LogP contribution in [0, 0.1) is 20.8 Å². The zero-order valence-corrected chi connectivity index (χ0v) is 22.5. The van der Waals surface area contributed by atoms with E-state index >= 15 is 0 Å². The van der Waals surface area contributed by atoms with Crippen LogP contribution in [0.1, 0.15) is 94.7 Å². The number of hydrogen-bond donors (Lipinski definition) is 0.